The second kappa shape index (κ2) is 10.6. The maximum absolute atomic E-state index is 12.3. The molecule has 0 fully saturated rings. The third-order valence-corrected chi connectivity index (χ3v) is 4.32. The van der Waals surface area contributed by atoms with Gasteiger partial charge in [0, 0.05) is 5.56 Å². The molecule has 0 saturated heterocycles. The number of rotatable bonds is 8. The zero-order valence-corrected chi connectivity index (χ0v) is 17.7. The highest BCUT2D eigenvalue weighted by molar-refractivity contribution is 5.95. The van der Waals surface area contributed by atoms with Crippen LogP contribution in [0.1, 0.15) is 20.7 Å². The molecule has 9 heteroatoms. The lowest BCUT2D eigenvalue weighted by Crippen LogP contribution is -2.10. The van der Waals surface area contributed by atoms with Crippen molar-refractivity contribution in [3.63, 3.8) is 0 Å². The minimum atomic E-state index is -0.562. The van der Waals surface area contributed by atoms with Crippen LogP contribution in [0.2, 0.25) is 0 Å². The van der Waals surface area contributed by atoms with E-state index in [1.165, 1.54) is 27.4 Å². The van der Waals surface area contributed by atoms with Crippen LogP contribution in [0.4, 0.5) is 11.4 Å². The summed E-state index contributed by atoms with van der Waals surface area (Å²) in [5.74, 6) is 0.397. The predicted octanol–water partition coefficient (Wildman–Crippen LogP) is 4.82. The van der Waals surface area contributed by atoms with Crippen molar-refractivity contribution in [2.24, 2.45) is 10.2 Å². The molecule has 0 spiro atoms. The Morgan fingerprint density at radius 3 is 2.22 bits per heavy atom. The van der Waals surface area contributed by atoms with Crippen LogP contribution in [0, 0.1) is 0 Å². The fraction of sp³-hybridized carbons (Fsp3) is 0.130. The van der Waals surface area contributed by atoms with Crippen molar-refractivity contribution in [3.05, 3.63) is 77.9 Å². The van der Waals surface area contributed by atoms with E-state index in [2.05, 4.69) is 15.7 Å². The van der Waals surface area contributed by atoms with Crippen LogP contribution in [-0.2, 0) is 4.84 Å². The summed E-state index contributed by atoms with van der Waals surface area (Å²) in [6.45, 7) is 0. The lowest BCUT2D eigenvalue weighted by molar-refractivity contribution is 0.0596. The van der Waals surface area contributed by atoms with E-state index in [0.29, 0.717) is 39.8 Å². The van der Waals surface area contributed by atoms with E-state index < -0.39 is 11.9 Å². The topological polar surface area (TPSA) is 108 Å². The van der Waals surface area contributed by atoms with Crippen molar-refractivity contribution < 1.29 is 28.6 Å². The van der Waals surface area contributed by atoms with Gasteiger partial charge in [0.15, 0.2) is 11.5 Å². The molecule has 1 amide bonds. The van der Waals surface area contributed by atoms with E-state index in [9.17, 15) is 9.59 Å². The average Bonchev–Trinajstić information content (AvgIpc) is 2.85. The van der Waals surface area contributed by atoms with Crippen molar-refractivity contribution in [2.75, 3.05) is 26.8 Å². The number of benzene rings is 3. The van der Waals surface area contributed by atoms with Crippen LogP contribution in [0.25, 0.3) is 0 Å². The first kappa shape index (κ1) is 22.3. The van der Waals surface area contributed by atoms with Gasteiger partial charge < -0.3 is 19.0 Å². The molecule has 164 valence electrons. The maximum atomic E-state index is 12.3. The molecule has 0 aromatic heterocycles. The molecule has 0 saturated carbocycles. The summed E-state index contributed by atoms with van der Waals surface area (Å²) in [5, 5.41) is 7.67. The SMILES string of the molecule is COc1cccc(C(=O)ONc2ccc(N=NC(=O)c3ccc(OC)c(OC)c3)cc2)c1. The molecule has 0 aliphatic carbocycles. The van der Waals surface area contributed by atoms with Crippen LogP contribution < -0.4 is 19.7 Å². The normalized spacial score (nSPS) is 10.5. The van der Waals surface area contributed by atoms with Crippen LogP contribution >= 0.6 is 0 Å². The first-order valence-corrected chi connectivity index (χ1v) is 9.43. The molecule has 0 aliphatic heterocycles. The number of hydrogen-bond acceptors (Lipinski definition) is 8. The molecule has 3 aromatic rings. The number of carbonyl (C=O) groups excluding carboxylic acids is 2. The van der Waals surface area contributed by atoms with Crippen molar-refractivity contribution in [1.29, 1.82) is 0 Å². The van der Waals surface area contributed by atoms with Gasteiger partial charge in [-0.25, -0.2) is 10.3 Å². The number of nitrogens with one attached hydrogen (secondary N) is 1. The number of carbonyl (C=O) groups is 2. The van der Waals surface area contributed by atoms with Gasteiger partial charge in [-0.15, -0.1) is 10.2 Å². The van der Waals surface area contributed by atoms with Crippen LogP contribution in [0.3, 0.4) is 0 Å². The van der Waals surface area contributed by atoms with Gasteiger partial charge >= 0.3 is 5.97 Å². The number of amides is 1. The molecule has 32 heavy (non-hydrogen) atoms. The first-order chi connectivity index (χ1) is 15.5. The Kier molecular flexibility index (Phi) is 7.37. The van der Waals surface area contributed by atoms with Crippen LogP contribution in [-0.4, -0.2) is 33.2 Å². The summed E-state index contributed by atoms with van der Waals surface area (Å²) in [6, 6.07) is 17.8. The van der Waals surface area contributed by atoms with Crippen molar-refractivity contribution in [2.45, 2.75) is 0 Å². The van der Waals surface area contributed by atoms with Gasteiger partial charge in [0.2, 0.25) is 0 Å². The monoisotopic (exact) mass is 435 g/mol. The Morgan fingerprint density at radius 2 is 1.53 bits per heavy atom. The third kappa shape index (κ3) is 5.60. The van der Waals surface area contributed by atoms with E-state index in [4.69, 9.17) is 19.0 Å². The largest absolute Gasteiger partial charge is 0.497 e. The molecule has 0 aliphatic rings. The van der Waals surface area contributed by atoms with Gasteiger partial charge in [-0.2, -0.15) is 0 Å². The lowest BCUT2D eigenvalue weighted by atomic mass is 10.2. The number of anilines is 1. The summed E-state index contributed by atoms with van der Waals surface area (Å²) in [6.07, 6.45) is 0. The molecule has 3 aromatic carbocycles. The van der Waals surface area contributed by atoms with Gasteiger partial charge in [-0.3, -0.25) is 4.79 Å². The smallest absolute Gasteiger partial charge is 0.362 e. The summed E-state index contributed by atoms with van der Waals surface area (Å²) < 4.78 is 15.4. The maximum Gasteiger partial charge on any atom is 0.362 e. The molecular weight excluding hydrogens is 414 g/mol. The van der Waals surface area contributed by atoms with Gasteiger partial charge in [-0.05, 0) is 60.7 Å². The fourth-order valence-electron chi connectivity index (χ4n) is 2.64. The number of nitrogens with zero attached hydrogens (tertiary/aromatic N) is 2. The van der Waals surface area contributed by atoms with E-state index in [1.807, 2.05) is 0 Å². The van der Waals surface area contributed by atoms with Gasteiger partial charge in [-0.1, -0.05) is 6.07 Å². The third-order valence-electron chi connectivity index (χ3n) is 4.32. The highest BCUT2D eigenvalue weighted by Crippen LogP contribution is 2.28. The number of methoxy groups -OCH3 is 3. The van der Waals surface area contributed by atoms with Gasteiger partial charge in [0.25, 0.3) is 5.91 Å². The second-order valence-corrected chi connectivity index (χ2v) is 6.35. The highest BCUT2D eigenvalue weighted by atomic mass is 16.7. The molecule has 1 N–H and O–H groups in total. The molecular formula is C23H21N3O6. The summed E-state index contributed by atoms with van der Waals surface area (Å²) in [5.41, 5.74) is 4.19. The summed E-state index contributed by atoms with van der Waals surface area (Å²) in [7, 11) is 4.51. The minimum Gasteiger partial charge on any atom is -0.497 e. The molecule has 3 rings (SSSR count). The minimum absolute atomic E-state index is 0.314. The van der Waals surface area contributed by atoms with Crippen LogP contribution in [0.5, 0.6) is 17.2 Å². The number of hydrogen-bond donors (Lipinski definition) is 1. The van der Waals surface area contributed by atoms with E-state index in [0.717, 1.165) is 0 Å². The lowest BCUT2D eigenvalue weighted by Gasteiger charge is -2.08. The molecule has 0 unspecified atom stereocenters. The number of azo groups is 1. The summed E-state index contributed by atoms with van der Waals surface area (Å²) in [4.78, 5) is 29.5. The molecule has 0 bridgehead atoms. The molecule has 9 nitrogen and oxygen atoms in total. The van der Waals surface area contributed by atoms with Crippen LogP contribution in [0.15, 0.2) is 77.0 Å². The fourth-order valence-corrected chi connectivity index (χ4v) is 2.64. The van der Waals surface area contributed by atoms with E-state index in [1.54, 1.807) is 60.7 Å². The summed E-state index contributed by atoms with van der Waals surface area (Å²) >= 11 is 0. The zero-order chi connectivity index (χ0) is 22.9. The predicted molar refractivity (Wildman–Crippen MR) is 117 cm³/mol. The zero-order valence-electron chi connectivity index (χ0n) is 17.7. The molecule has 0 heterocycles. The Morgan fingerprint density at radius 1 is 0.781 bits per heavy atom. The quantitative estimate of drug-likeness (QED) is 0.399. The molecule has 0 atom stereocenters. The van der Waals surface area contributed by atoms with E-state index >= 15 is 0 Å². The van der Waals surface area contributed by atoms with E-state index in [-0.39, 0.29) is 0 Å². The highest BCUT2D eigenvalue weighted by Gasteiger charge is 2.11. The Labute approximate surface area is 184 Å². The van der Waals surface area contributed by atoms with Gasteiger partial charge in [0.1, 0.15) is 5.75 Å². The molecule has 0 radical (unpaired) electrons. The van der Waals surface area contributed by atoms with Crippen molar-refractivity contribution in [1.82, 2.24) is 0 Å². The Balaban J connectivity index is 1.58. The van der Waals surface area contributed by atoms with Crippen molar-refractivity contribution >= 4 is 23.3 Å². The first-order valence-electron chi connectivity index (χ1n) is 9.43. The van der Waals surface area contributed by atoms with Crippen molar-refractivity contribution in [3.8, 4) is 17.2 Å². The Bertz CT molecular complexity index is 1130. The standard InChI is InChI=1S/C23H21N3O6/c1-29-19-6-4-5-16(13-19)23(28)32-26-18-10-8-17(9-11-18)24-25-22(27)15-7-12-20(30-2)21(14-15)31-3/h4-14,26H,1-3H3. The van der Waals surface area contributed by atoms with Gasteiger partial charge in [0.05, 0.1) is 38.3 Å². The number of ether oxygens (including phenoxy) is 3. The average molecular weight is 435 g/mol. The Hall–Kier alpha value is -4.40. The second-order valence-electron chi connectivity index (χ2n) is 6.35.